The van der Waals surface area contributed by atoms with E-state index in [0.29, 0.717) is 17.5 Å². The Bertz CT molecular complexity index is 2820. The minimum atomic E-state index is 0.584. The van der Waals surface area contributed by atoms with Crippen molar-refractivity contribution in [1.82, 2.24) is 24.5 Å². The number of para-hydroxylation sites is 2. The molecule has 0 spiro atoms. The van der Waals surface area contributed by atoms with E-state index in [1.165, 1.54) is 10.8 Å². The monoisotopic (exact) mass is 677 g/mol. The van der Waals surface area contributed by atoms with Crippen molar-refractivity contribution in [2.75, 3.05) is 0 Å². The van der Waals surface area contributed by atoms with Crippen LogP contribution >= 0.6 is 0 Å². The summed E-state index contributed by atoms with van der Waals surface area (Å²) >= 11 is 0. The van der Waals surface area contributed by atoms with Crippen LogP contribution in [0.25, 0.3) is 94.9 Å². The molecule has 7 aromatic carbocycles. The van der Waals surface area contributed by atoms with Crippen LogP contribution in [0.15, 0.2) is 188 Å². The molecule has 53 heavy (non-hydrogen) atoms. The summed E-state index contributed by atoms with van der Waals surface area (Å²) in [7, 11) is 0. The van der Waals surface area contributed by atoms with E-state index in [1.807, 2.05) is 66.7 Å². The molecule has 10 aromatic rings. The van der Waals surface area contributed by atoms with Crippen LogP contribution in [0, 0.1) is 0 Å². The number of fused-ring (bicyclic) bond motifs is 4. The van der Waals surface area contributed by atoms with E-state index in [0.717, 1.165) is 66.7 Å². The standard InChI is InChI=1S/C48H31N5/c1-4-16-32(17-5-1)45-37-23-11-10-22-35(37)31-41(49-45)36-28-29-44(53-42-26-14-12-24-38(42)39-25-13-15-27-43(39)53)40(30-36)48-51-46(33-18-6-2-7-19-33)50-47(52-48)34-20-8-3-9-21-34/h1-31H. The summed E-state index contributed by atoms with van der Waals surface area (Å²) in [6.07, 6.45) is 0. The molecule has 0 aliphatic rings. The lowest BCUT2D eigenvalue weighted by Crippen LogP contribution is -2.04. The maximum absolute atomic E-state index is 5.34. The van der Waals surface area contributed by atoms with Crippen LogP contribution in [0.5, 0.6) is 0 Å². The van der Waals surface area contributed by atoms with Gasteiger partial charge in [-0.05, 0) is 35.7 Å². The quantitative estimate of drug-likeness (QED) is 0.176. The van der Waals surface area contributed by atoms with Crippen molar-refractivity contribution in [2.45, 2.75) is 0 Å². The van der Waals surface area contributed by atoms with Crippen molar-refractivity contribution in [3.05, 3.63) is 188 Å². The maximum atomic E-state index is 5.34. The van der Waals surface area contributed by atoms with E-state index in [1.54, 1.807) is 0 Å². The molecule has 0 amide bonds. The fraction of sp³-hybridized carbons (Fsp3) is 0. The van der Waals surface area contributed by atoms with E-state index in [-0.39, 0.29) is 0 Å². The molecule has 248 valence electrons. The number of rotatable bonds is 6. The zero-order valence-electron chi connectivity index (χ0n) is 28.6. The summed E-state index contributed by atoms with van der Waals surface area (Å²) < 4.78 is 2.33. The van der Waals surface area contributed by atoms with E-state index in [4.69, 9.17) is 19.9 Å². The van der Waals surface area contributed by atoms with Crippen LogP contribution < -0.4 is 0 Å². The van der Waals surface area contributed by atoms with Gasteiger partial charge in [0.15, 0.2) is 17.5 Å². The van der Waals surface area contributed by atoms with Crippen molar-refractivity contribution < 1.29 is 0 Å². The van der Waals surface area contributed by atoms with Gasteiger partial charge in [0.2, 0.25) is 0 Å². The molecule has 0 fully saturated rings. The largest absolute Gasteiger partial charge is 0.309 e. The smallest absolute Gasteiger partial charge is 0.166 e. The Morgan fingerprint density at radius 2 is 0.830 bits per heavy atom. The summed E-state index contributed by atoms with van der Waals surface area (Å²) in [5.41, 5.74) is 9.78. The first-order valence-corrected chi connectivity index (χ1v) is 17.7. The normalized spacial score (nSPS) is 11.4. The van der Waals surface area contributed by atoms with Gasteiger partial charge in [0.05, 0.1) is 28.1 Å². The zero-order chi connectivity index (χ0) is 35.1. The molecule has 0 atom stereocenters. The van der Waals surface area contributed by atoms with E-state index >= 15 is 0 Å². The Morgan fingerprint density at radius 1 is 0.340 bits per heavy atom. The third-order valence-corrected chi connectivity index (χ3v) is 9.84. The van der Waals surface area contributed by atoms with Crippen LogP contribution in [0.2, 0.25) is 0 Å². The van der Waals surface area contributed by atoms with E-state index in [2.05, 4.69) is 126 Å². The van der Waals surface area contributed by atoms with Gasteiger partial charge in [0, 0.05) is 44.0 Å². The summed E-state index contributed by atoms with van der Waals surface area (Å²) in [6.45, 7) is 0. The highest BCUT2D eigenvalue weighted by Crippen LogP contribution is 2.39. The average Bonchev–Trinajstić information content (AvgIpc) is 3.58. The number of benzene rings is 7. The van der Waals surface area contributed by atoms with Crippen LogP contribution in [0.3, 0.4) is 0 Å². The number of aromatic nitrogens is 5. The molecular weight excluding hydrogens is 647 g/mol. The Kier molecular flexibility index (Phi) is 7.40. The molecule has 0 bridgehead atoms. The molecule has 0 aliphatic heterocycles. The highest BCUT2D eigenvalue weighted by Gasteiger charge is 2.21. The predicted molar refractivity (Wildman–Crippen MR) is 217 cm³/mol. The van der Waals surface area contributed by atoms with Gasteiger partial charge in [-0.2, -0.15) is 0 Å². The molecule has 0 N–H and O–H groups in total. The number of pyridine rings is 1. The molecular formula is C48H31N5. The van der Waals surface area contributed by atoms with Gasteiger partial charge in [-0.25, -0.2) is 19.9 Å². The van der Waals surface area contributed by atoms with Gasteiger partial charge in [0.1, 0.15) is 0 Å². The lowest BCUT2D eigenvalue weighted by atomic mass is 9.99. The molecule has 0 aliphatic carbocycles. The van der Waals surface area contributed by atoms with Gasteiger partial charge < -0.3 is 4.57 Å². The number of hydrogen-bond donors (Lipinski definition) is 0. The Balaban J connectivity index is 1.28. The van der Waals surface area contributed by atoms with Crippen molar-refractivity contribution in [2.24, 2.45) is 0 Å². The Hall–Kier alpha value is -7.24. The fourth-order valence-corrected chi connectivity index (χ4v) is 7.34. The zero-order valence-corrected chi connectivity index (χ0v) is 28.6. The van der Waals surface area contributed by atoms with Gasteiger partial charge in [-0.3, -0.25) is 0 Å². The van der Waals surface area contributed by atoms with Crippen molar-refractivity contribution in [3.63, 3.8) is 0 Å². The fourth-order valence-electron chi connectivity index (χ4n) is 7.34. The third-order valence-electron chi connectivity index (χ3n) is 9.84. The first-order chi connectivity index (χ1) is 26.3. The maximum Gasteiger partial charge on any atom is 0.166 e. The van der Waals surface area contributed by atoms with E-state index < -0.39 is 0 Å². The molecule has 5 nitrogen and oxygen atoms in total. The molecule has 3 heterocycles. The summed E-state index contributed by atoms with van der Waals surface area (Å²) in [6, 6.07) is 65.0. The molecule has 3 aromatic heterocycles. The highest BCUT2D eigenvalue weighted by atomic mass is 15.1. The highest BCUT2D eigenvalue weighted by molar-refractivity contribution is 6.09. The van der Waals surface area contributed by atoms with Gasteiger partial charge in [0.25, 0.3) is 0 Å². The van der Waals surface area contributed by atoms with Gasteiger partial charge >= 0.3 is 0 Å². The first kappa shape index (κ1) is 30.6. The van der Waals surface area contributed by atoms with E-state index in [9.17, 15) is 0 Å². The van der Waals surface area contributed by atoms with Crippen molar-refractivity contribution >= 4 is 32.6 Å². The first-order valence-electron chi connectivity index (χ1n) is 17.7. The minimum absolute atomic E-state index is 0.584. The molecule has 0 saturated carbocycles. The second-order valence-electron chi connectivity index (χ2n) is 13.1. The SMILES string of the molecule is c1ccc(-c2nc(-c3ccccc3)nc(-c3cc(-c4cc5ccccc5c(-c5ccccc5)n4)ccc3-n3c4ccccc4c4ccccc43)n2)cc1. The van der Waals surface area contributed by atoms with Crippen LogP contribution in [-0.2, 0) is 0 Å². The van der Waals surface area contributed by atoms with Gasteiger partial charge in [-0.1, -0.05) is 158 Å². The summed E-state index contributed by atoms with van der Waals surface area (Å²) in [5, 5.41) is 4.61. The second-order valence-corrected chi connectivity index (χ2v) is 13.1. The Morgan fingerprint density at radius 3 is 1.43 bits per heavy atom. The summed E-state index contributed by atoms with van der Waals surface area (Å²) in [4.78, 5) is 20.8. The number of nitrogens with zero attached hydrogens (tertiary/aromatic N) is 5. The van der Waals surface area contributed by atoms with Crippen LogP contribution in [0.4, 0.5) is 0 Å². The molecule has 10 rings (SSSR count). The predicted octanol–water partition coefficient (Wildman–Crippen LogP) is 11.9. The average molecular weight is 678 g/mol. The van der Waals surface area contributed by atoms with Crippen molar-refractivity contribution in [3.8, 4) is 62.4 Å². The van der Waals surface area contributed by atoms with Crippen LogP contribution in [0.1, 0.15) is 0 Å². The third kappa shape index (κ3) is 5.43. The summed E-state index contributed by atoms with van der Waals surface area (Å²) in [5.74, 6) is 1.81. The van der Waals surface area contributed by atoms with Crippen LogP contribution in [-0.4, -0.2) is 24.5 Å². The second kappa shape index (κ2) is 12.8. The van der Waals surface area contributed by atoms with Crippen molar-refractivity contribution in [1.29, 1.82) is 0 Å². The Labute approximate surface area is 306 Å². The molecule has 0 radical (unpaired) electrons. The van der Waals surface area contributed by atoms with Gasteiger partial charge in [-0.15, -0.1) is 0 Å². The lowest BCUT2D eigenvalue weighted by molar-refractivity contribution is 1.06. The molecule has 0 saturated heterocycles. The topological polar surface area (TPSA) is 56.5 Å². The molecule has 0 unspecified atom stereocenters. The number of hydrogen-bond acceptors (Lipinski definition) is 4. The molecule has 5 heteroatoms. The minimum Gasteiger partial charge on any atom is -0.309 e. The lowest BCUT2D eigenvalue weighted by Gasteiger charge is -2.17.